The number of benzene rings is 4. The Kier molecular flexibility index (Phi) is 9.02. The molecule has 0 saturated heterocycles. The van der Waals surface area contributed by atoms with Gasteiger partial charge in [-0.15, -0.1) is 0 Å². The summed E-state index contributed by atoms with van der Waals surface area (Å²) in [4.78, 5) is 29.9. The zero-order valence-electron chi connectivity index (χ0n) is 26.5. The van der Waals surface area contributed by atoms with Crippen LogP contribution in [0.5, 0.6) is 0 Å². The van der Waals surface area contributed by atoms with Crippen LogP contribution in [0, 0.1) is 17.3 Å². The van der Waals surface area contributed by atoms with Crippen molar-refractivity contribution in [3.05, 3.63) is 144 Å². The van der Waals surface area contributed by atoms with E-state index in [1.807, 2.05) is 149 Å². The summed E-state index contributed by atoms with van der Waals surface area (Å²) in [7, 11) is 0. The van der Waals surface area contributed by atoms with E-state index in [0.29, 0.717) is 35.1 Å². The lowest BCUT2D eigenvalue weighted by molar-refractivity contribution is -0.168. The number of nitrogens with two attached hydrogens (primary N) is 1. The van der Waals surface area contributed by atoms with E-state index in [0.717, 1.165) is 0 Å². The van der Waals surface area contributed by atoms with Crippen molar-refractivity contribution in [2.75, 3.05) is 0 Å². The molecule has 0 spiro atoms. The minimum absolute atomic E-state index is 0.317. The van der Waals surface area contributed by atoms with Crippen molar-refractivity contribution in [1.82, 2.24) is 4.90 Å². The highest BCUT2D eigenvalue weighted by atomic mass is 16.3. The average molecular weight is 605 g/mol. The van der Waals surface area contributed by atoms with Gasteiger partial charge in [0.25, 0.3) is 0 Å². The smallest absolute Gasteiger partial charge is 0.239 e. The fraction of sp³-hybridized carbons (Fsp3) is 0.333. The van der Waals surface area contributed by atoms with Gasteiger partial charge >= 0.3 is 0 Å². The third kappa shape index (κ3) is 5.58. The first kappa shape index (κ1) is 32.1. The van der Waals surface area contributed by atoms with Gasteiger partial charge < -0.3 is 20.8 Å². The van der Waals surface area contributed by atoms with Crippen molar-refractivity contribution in [2.24, 2.45) is 23.0 Å². The van der Waals surface area contributed by atoms with E-state index in [9.17, 15) is 15.0 Å². The summed E-state index contributed by atoms with van der Waals surface area (Å²) < 4.78 is 0. The van der Waals surface area contributed by atoms with Crippen molar-refractivity contribution >= 4 is 11.8 Å². The van der Waals surface area contributed by atoms with Gasteiger partial charge in [-0.25, -0.2) is 0 Å². The van der Waals surface area contributed by atoms with Crippen LogP contribution in [-0.4, -0.2) is 39.0 Å². The molecule has 0 heterocycles. The van der Waals surface area contributed by atoms with Crippen LogP contribution in [-0.2, 0) is 20.8 Å². The highest BCUT2D eigenvalue weighted by Gasteiger charge is 2.63. The Balaban J connectivity index is 1.87. The van der Waals surface area contributed by atoms with Crippen molar-refractivity contribution < 1.29 is 19.8 Å². The topological polar surface area (TPSA) is 104 Å². The predicted molar refractivity (Wildman–Crippen MR) is 177 cm³/mol. The molecule has 4 aromatic carbocycles. The number of hydrogen-bond donors (Lipinski definition) is 3. The maximum atomic E-state index is 15.2. The zero-order chi connectivity index (χ0) is 32.4. The molecule has 45 heavy (non-hydrogen) atoms. The number of carbonyl (C=O) groups excluding carboxylic acids is 2. The van der Waals surface area contributed by atoms with E-state index in [-0.39, 0.29) is 11.8 Å². The predicted octanol–water partition coefficient (Wildman–Crippen LogP) is 6.00. The molecule has 0 aromatic heterocycles. The third-order valence-electron chi connectivity index (χ3n) is 9.44. The number of amides is 2. The Labute approximate surface area is 266 Å². The number of carbonyl (C=O) groups is 2. The average Bonchev–Trinajstić information content (AvgIpc) is 3.88. The maximum Gasteiger partial charge on any atom is 0.239 e. The number of aliphatic hydroxyl groups is 2. The number of rotatable bonds is 12. The minimum atomic E-state index is -1.72. The number of hydrogen-bond acceptors (Lipinski definition) is 4. The van der Waals surface area contributed by atoms with Crippen molar-refractivity contribution in [1.29, 1.82) is 0 Å². The molecule has 2 unspecified atom stereocenters. The van der Waals surface area contributed by atoms with Crippen LogP contribution in [0.2, 0.25) is 0 Å². The first-order valence-electron chi connectivity index (χ1n) is 15.8. The standard InChI is InChI=1S/C39H44N2O4/c1-27(2)33(38(44,29-17-9-5-10-18-29)30-19-11-6-12-20-30)41(36(43)37(25-26-37)35(40)42)34(28(3)4)39(45,31-21-13-7-14-22-31)32-23-15-8-16-24-32/h5-24,27-28,33-34,44-45H,25-26H2,1-4H3,(H2,40,42). The van der Waals surface area contributed by atoms with E-state index < -0.39 is 40.5 Å². The van der Waals surface area contributed by atoms with Gasteiger partial charge in [0.2, 0.25) is 11.8 Å². The van der Waals surface area contributed by atoms with Gasteiger partial charge in [0, 0.05) is 0 Å². The van der Waals surface area contributed by atoms with Crippen LogP contribution in [0.3, 0.4) is 0 Å². The molecule has 6 nitrogen and oxygen atoms in total. The van der Waals surface area contributed by atoms with Crippen LogP contribution in [0.15, 0.2) is 121 Å². The van der Waals surface area contributed by atoms with Gasteiger partial charge in [-0.3, -0.25) is 9.59 Å². The lowest BCUT2D eigenvalue weighted by Crippen LogP contribution is -2.67. The summed E-state index contributed by atoms with van der Waals surface area (Å²) in [5, 5.41) is 26.5. The highest BCUT2D eigenvalue weighted by molar-refractivity contribution is 6.07. The van der Waals surface area contributed by atoms with Gasteiger partial charge in [-0.1, -0.05) is 149 Å². The van der Waals surface area contributed by atoms with Gasteiger partial charge in [0.05, 0.1) is 12.1 Å². The Morgan fingerprint density at radius 1 is 0.600 bits per heavy atom. The summed E-state index contributed by atoms with van der Waals surface area (Å²) in [5.41, 5.74) is 3.52. The molecule has 1 saturated carbocycles. The normalized spacial score (nSPS) is 15.8. The number of nitrogens with zero attached hydrogens (tertiary/aromatic N) is 1. The quantitative estimate of drug-likeness (QED) is 0.173. The molecule has 1 aliphatic carbocycles. The number of primary amides is 1. The molecule has 2 atom stereocenters. The molecule has 2 amide bonds. The van der Waals surface area contributed by atoms with Crippen molar-refractivity contribution in [3.63, 3.8) is 0 Å². The Bertz CT molecular complexity index is 1410. The van der Waals surface area contributed by atoms with Gasteiger partial charge in [0.1, 0.15) is 16.6 Å². The molecule has 5 rings (SSSR count). The summed E-state index contributed by atoms with van der Waals surface area (Å²) in [6.07, 6.45) is 0.634. The Morgan fingerprint density at radius 2 is 0.867 bits per heavy atom. The van der Waals surface area contributed by atoms with E-state index in [1.54, 1.807) is 4.90 Å². The summed E-state index contributed by atoms with van der Waals surface area (Å²) in [5.74, 6) is -1.82. The van der Waals surface area contributed by atoms with Gasteiger partial charge in [0.15, 0.2) is 0 Å². The largest absolute Gasteiger partial charge is 0.378 e. The molecular formula is C39H44N2O4. The molecule has 234 valence electrons. The molecule has 1 fully saturated rings. The monoisotopic (exact) mass is 604 g/mol. The lowest BCUT2D eigenvalue weighted by Gasteiger charge is -2.54. The van der Waals surface area contributed by atoms with E-state index in [2.05, 4.69) is 0 Å². The maximum absolute atomic E-state index is 15.2. The fourth-order valence-electron chi connectivity index (χ4n) is 7.16. The second-order valence-electron chi connectivity index (χ2n) is 13.0. The second-order valence-corrected chi connectivity index (χ2v) is 13.0. The highest BCUT2D eigenvalue weighted by Crippen LogP contribution is 2.52. The molecule has 0 aliphatic heterocycles. The van der Waals surface area contributed by atoms with Crippen molar-refractivity contribution in [2.45, 2.75) is 63.8 Å². The summed E-state index contributed by atoms with van der Waals surface area (Å²) >= 11 is 0. The first-order chi connectivity index (χ1) is 21.5. The van der Waals surface area contributed by atoms with Crippen LogP contribution in [0.1, 0.15) is 62.8 Å². The molecule has 6 heteroatoms. The molecule has 4 aromatic rings. The van der Waals surface area contributed by atoms with E-state index >= 15 is 4.79 Å². The minimum Gasteiger partial charge on any atom is -0.378 e. The lowest BCUT2D eigenvalue weighted by atomic mass is 9.70. The summed E-state index contributed by atoms with van der Waals surface area (Å²) in [6, 6.07) is 35.5. The van der Waals surface area contributed by atoms with E-state index in [4.69, 9.17) is 5.73 Å². The molecule has 4 N–H and O–H groups in total. The summed E-state index contributed by atoms with van der Waals surface area (Å²) in [6.45, 7) is 7.86. The molecule has 1 aliphatic rings. The third-order valence-corrected chi connectivity index (χ3v) is 9.44. The SMILES string of the molecule is CC(C)C(N(C(=O)C1(C(N)=O)CC1)C(C(C)C)C(O)(c1ccccc1)c1ccccc1)C(O)(c1ccccc1)c1ccccc1. The van der Waals surface area contributed by atoms with Crippen LogP contribution in [0.25, 0.3) is 0 Å². The van der Waals surface area contributed by atoms with Gasteiger partial charge in [-0.2, -0.15) is 0 Å². The van der Waals surface area contributed by atoms with Gasteiger partial charge in [-0.05, 0) is 46.9 Å². The molecular weight excluding hydrogens is 560 g/mol. The van der Waals surface area contributed by atoms with Crippen LogP contribution >= 0.6 is 0 Å². The Morgan fingerprint density at radius 3 is 1.07 bits per heavy atom. The second kappa shape index (κ2) is 12.6. The van der Waals surface area contributed by atoms with Crippen LogP contribution < -0.4 is 5.73 Å². The van der Waals surface area contributed by atoms with E-state index in [1.165, 1.54) is 0 Å². The van der Waals surface area contributed by atoms with Crippen molar-refractivity contribution in [3.8, 4) is 0 Å². The molecule has 0 radical (unpaired) electrons. The Hall–Kier alpha value is -4.26. The zero-order valence-corrected chi connectivity index (χ0v) is 26.5. The fourth-order valence-corrected chi connectivity index (χ4v) is 7.16. The molecule has 0 bridgehead atoms. The van der Waals surface area contributed by atoms with Crippen LogP contribution in [0.4, 0.5) is 0 Å². The first-order valence-corrected chi connectivity index (χ1v) is 15.8.